The topological polar surface area (TPSA) is 40.5 Å². The van der Waals surface area contributed by atoms with E-state index in [4.69, 9.17) is 0 Å². The Labute approximate surface area is 137 Å². The van der Waals surface area contributed by atoms with Crippen molar-refractivity contribution in [2.75, 3.05) is 6.61 Å². The number of phenols is 1. The van der Waals surface area contributed by atoms with E-state index in [0.717, 1.165) is 24.5 Å². The molecule has 0 aliphatic heterocycles. The smallest absolute Gasteiger partial charge is 0.130 e. The van der Waals surface area contributed by atoms with Gasteiger partial charge in [0.05, 0.1) is 0 Å². The molecule has 0 radical (unpaired) electrons. The van der Waals surface area contributed by atoms with Crippen molar-refractivity contribution in [3.05, 3.63) is 65.0 Å². The summed E-state index contributed by atoms with van der Waals surface area (Å²) in [6.07, 6.45) is 2.28. The third-order valence-corrected chi connectivity index (χ3v) is 4.68. The Bertz CT molecular complexity index is 625. The zero-order valence-electron chi connectivity index (χ0n) is 13.8. The van der Waals surface area contributed by atoms with Gasteiger partial charge in [-0.15, -0.1) is 0 Å². The molecule has 0 saturated carbocycles. The fourth-order valence-corrected chi connectivity index (χ4v) is 3.13. The first-order chi connectivity index (χ1) is 11.0. The van der Waals surface area contributed by atoms with Crippen molar-refractivity contribution in [2.45, 2.75) is 39.0 Å². The zero-order valence-corrected chi connectivity index (χ0v) is 13.8. The molecule has 0 amide bonds. The summed E-state index contributed by atoms with van der Waals surface area (Å²) in [7, 11) is 0. The van der Waals surface area contributed by atoms with Crippen molar-refractivity contribution in [1.29, 1.82) is 0 Å². The predicted molar refractivity (Wildman–Crippen MR) is 91.2 cm³/mol. The molecule has 0 bridgehead atoms. The van der Waals surface area contributed by atoms with Crippen LogP contribution in [0.2, 0.25) is 0 Å². The maximum Gasteiger partial charge on any atom is 0.130 e. The van der Waals surface area contributed by atoms with Crippen molar-refractivity contribution in [1.82, 2.24) is 0 Å². The molecule has 0 fully saturated rings. The van der Waals surface area contributed by atoms with Gasteiger partial charge >= 0.3 is 0 Å². The fourth-order valence-electron chi connectivity index (χ4n) is 3.13. The lowest BCUT2D eigenvalue weighted by Crippen LogP contribution is -2.15. The molecule has 0 aliphatic carbocycles. The molecule has 0 aliphatic rings. The second kappa shape index (κ2) is 8.11. The van der Waals surface area contributed by atoms with Crippen molar-refractivity contribution in [3.8, 4) is 5.75 Å². The Balaban J connectivity index is 2.25. The minimum absolute atomic E-state index is 0.0311. The van der Waals surface area contributed by atoms with Gasteiger partial charge < -0.3 is 10.2 Å². The second-order valence-electron chi connectivity index (χ2n) is 6.24. The van der Waals surface area contributed by atoms with Gasteiger partial charge in [0, 0.05) is 12.7 Å². The first-order valence-electron chi connectivity index (χ1n) is 8.16. The van der Waals surface area contributed by atoms with Gasteiger partial charge in [-0.05, 0) is 60.8 Å². The molecule has 1 unspecified atom stereocenters. The molecule has 2 nitrogen and oxygen atoms in total. The van der Waals surface area contributed by atoms with Gasteiger partial charge in [-0.1, -0.05) is 37.3 Å². The lowest BCUT2D eigenvalue weighted by molar-refractivity contribution is 0.263. The Morgan fingerprint density at radius 2 is 1.83 bits per heavy atom. The Morgan fingerprint density at radius 1 is 1.13 bits per heavy atom. The molecule has 0 saturated heterocycles. The van der Waals surface area contributed by atoms with Crippen LogP contribution in [0.5, 0.6) is 5.75 Å². The summed E-state index contributed by atoms with van der Waals surface area (Å²) in [6.45, 7) is 4.08. The average molecular weight is 316 g/mol. The number of hydrogen-bond donors (Lipinski definition) is 2. The summed E-state index contributed by atoms with van der Waals surface area (Å²) >= 11 is 0. The van der Waals surface area contributed by atoms with Crippen LogP contribution in [0, 0.1) is 18.7 Å². The summed E-state index contributed by atoms with van der Waals surface area (Å²) in [4.78, 5) is 0. The van der Waals surface area contributed by atoms with Crippen molar-refractivity contribution < 1.29 is 14.6 Å². The van der Waals surface area contributed by atoms with Crippen LogP contribution in [0.4, 0.5) is 4.39 Å². The van der Waals surface area contributed by atoms with Gasteiger partial charge in [0.1, 0.15) is 11.6 Å². The number of halogens is 1. The lowest BCUT2D eigenvalue weighted by atomic mass is 9.80. The molecule has 23 heavy (non-hydrogen) atoms. The van der Waals surface area contributed by atoms with Crippen LogP contribution >= 0.6 is 0 Å². The standard InChI is InChI=1S/C20H25FO2/c1-14(16-7-4-3-5-8-16)17(9-6-10-22)11-18-12-19(23)13-20(21)15(18)2/h3-5,7-8,12-14,17,22-23H,6,9-11H2,1-2H3/t14?,17-/m0/s1. The van der Waals surface area contributed by atoms with Crippen molar-refractivity contribution >= 4 is 0 Å². The van der Waals surface area contributed by atoms with Crippen LogP contribution in [-0.4, -0.2) is 16.8 Å². The average Bonchev–Trinajstić information content (AvgIpc) is 2.55. The summed E-state index contributed by atoms with van der Waals surface area (Å²) in [5.74, 6) is 0.182. The number of aliphatic hydroxyl groups excluding tert-OH is 1. The molecule has 2 aromatic rings. The monoisotopic (exact) mass is 316 g/mol. The zero-order chi connectivity index (χ0) is 16.8. The molecule has 2 aromatic carbocycles. The van der Waals surface area contributed by atoms with Gasteiger partial charge in [-0.2, -0.15) is 0 Å². The van der Waals surface area contributed by atoms with E-state index in [1.807, 2.05) is 18.2 Å². The maximum atomic E-state index is 13.9. The molecule has 3 heteroatoms. The summed E-state index contributed by atoms with van der Waals surface area (Å²) in [5, 5.41) is 18.9. The van der Waals surface area contributed by atoms with Crippen LogP contribution in [0.15, 0.2) is 42.5 Å². The van der Waals surface area contributed by atoms with E-state index < -0.39 is 0 Å². The van der Waals surface area contributed by atoms with Crippen LogP contribution < -0.4 is 0 Å². The number of rotatable bonds is 7. The van der Waals surface area contributed by atoms with Crippen molar-refractivity contribution in [3.63, 3.8) is 0 Å². The molecule has 2 atom stereocenters. The molecule has 2 rings (SSSR count). The number of aliphatic hydroxyl groups is 1. The van der Waals surface area contributed by atoms with E-state index in [-0.39, 0.29) is 24.1 Å². The molecule has 0 aromatic heterocycles. The minimum atomic E-state index is -0.367. The normalized spacial score (nSPS) is 13.7. The highest BCUT2D eigenvalue weighted by atomic mass is 19.1. The van der Waals surface area contributed by atoms with Gasteiger partial charge in [-0.25, -0.2) is 4.39 Å². The first kappa shape index (κ1) is 17.5. The third kappa shape index (κ3) is 4.55. The molecular weight excluding hydrogens is 291 g/mol. The third-order valence-electron chi connectivity index (χ3n) is 4.68. The number of hydrogen-bond acceptors (Lipinski definition) is 2. The Morgan fingerprint density at radius 3 is 2.48 bits per heavy atom. The SMILES string of the molecule is Cc1c(F)cc(O)cc1C[C@H](CCCO)C(C)c1ccccc1. The van der Waals surface area contributed by atoms with Gasteiger partial charge in [-0.3, -0.25) is 0 Å². The van der Waals surface area contributed by atoms with Gasteiger partial charge in [0.2, 0.25) is 0 Å². The molecule has 124 valence electrons. The first-order valence-corrected chi connectivity index (χ1v) is 8.16. The highest BCUT2D eigenvalue weighted by molar-refractivity contribution is 5.36. The molecule has 0 heterocycles. The summed E-state index contributed by atoms with van der Waals surface area (Å²) in [5.41, 5.74) is 2.68. The highest BCUT2D eigenvalue weighted by Gasteiger charge is 2.21. The molecular formula is C20H25FO2. The quantitative estimate of drug-likeness (QED) is 0.785. The number of aromatic hydroxyl groups is 1. The number of benzene rings is 2. The van der Waals surface area contributed by atoms with Gasteiger partial charge in [0.15, 0.2) is 0 Å². The largest absolute Gasteiger partial charge is 0.508 e. The van der Waals surface area contributed by atoms with Crippen LogP contribution in [0.25, 0.3) is 0 Å². The van der Waals surface area contributed by atoms with Crippen LogP contribution in [-0.2, 0) is 6.42 Å². The molecule has 0 spiro atoms. The number of phenolic OH excluding ortho intramolecular Hbond substituents is 1. The Hall–Kier alpha value is -1.87. The van der Waals surface area contributed by atoms with E-state index in [1.54, 1.807) is 13.0 Å². The van der Waals surface area contributed by atoms with Crippen LogP contribution in [0.1, 0.15) is 42.4 Å². The van der Waals surface area contributed by atoms with Crippen molar-refractivity contribution in [2.24, 2.45) is 5.92 Å². The van der Waals surface area contributed by atoms with E-state index in [1.165, 1.54) is 5.56 Å². The summed E-state index contributed by atoms with van der Waals surface area (Å²) in [6, 6.07) is 13.1. The maximum absolute atomic E-state index is 13.9. The highest BCUT2D eigenvalue weighted by Crippen LogP contribution is 2.32. The minimum Gasteiger partial charge on any atom is -0.508 e. The predicted octanol–water partition coefficient (Wildman–Crippen LogP) is 4.57. The molecule has 2 N–H and O–H groups in total. The van der Waals surface area contributed by atoms with E-state index in [2.05, 4.69) is 19.1 Å². The summed E-state index contributed by atoms with van der Waals surface area (Å²) < 4.78 is 13.9. The van der Waals surface area contributed by atoms with E-state index in [9.17, 15) is 14.6 Å². The van der Waals surface area contributed by atoms with Gasteiger partial charge in [0.25, 0.3) is 0 Å². The van der Waals surface area contributed by atoms with E-state index >= 15 is 0 Å². The van der Waals surface area contributed by atoms with E-state index in [0.29, 0.717) is 17.9 Å². The second-order valence-corrected chi connectivity index (χ2v) is 6.24. The van der Waals surface area contributed by atoms with Crippen LogP contribution in [0.3, 0.4) is 0 Å². The fraction of sp³-hybridized carbons (Fsp3) is 0.400. The Kier molecular flexibility index (Phi) is 6.17. The lowest BCUT2D eigenvalue weighted by Gasteiger charge is -2.25.